The molecule has 1 aromatic heterocycles. The van der Waals surface area contributed by atoms with Gasteiger partial charge in [0.2, 0.25) is 0 Å². The van der Waals surface area contributed by atoms with E-state index in [0.29, 0.717) is 12.0 Å². The van der Waals surface area contributed by atoms with Crippen molar-refractivity contribution < 1.29 is 0 Å². The van der Waals surface area contributed by atoms with Crippen LogP contribution in [0, 0.1) is 12.8 Å². The van der Waals surface area contributed by atoms with Gasteiger partial charge in [-0.1, -0.05) is 13.3 Å². The Kier molecular flexibility index (Phi) is 3.42. The van der Waals surface area contributed by atoms with Crippen LogP contribution in [0.4, 0.5) is 0 Å². The summed E-state index contributed by atoms with van der Waals surface area (Å²) >= 11 is 1.81. The molecule has 1 aliphatic rings. The molecule has 3 atom stereocenters. The molecule has 84 valence electrons. The van der Waals surface area contributed by atoms with Crippen LogP contribution in [-0.2, 0) is 0 Å². The maximum absolute atomic E-state index is 6.08. The summed E-state index contributed by atoms with van der Waals surface area (Å²) in [6.45, 7) is 4.42. The van der Waals surface area contributed by atoms with E-state index in [4.69, 9.17) is 5.73 Å². The van der Waals surface area contributed by atoms with Crippen molar-refractivity contribution in [3.8, 4) is 0 Å². The normalized spacial score (nSPS) is 31.8. The van der Waals surface area contributed by atoms with Gasteiger partial charge in [-0.15, -0.1) is 11.3 Å². The van der Waals surface area contributed by atoms with Crippen molar-refractivity contribution in [2.45, 2.75) is 51.5 Å². The summed E-state index contributed by atoms with van der Waals surface area (Å²) in [5.41, 5.74) is 9.27. The monoisotopic (exact) mass is 224 g/mol. The Morgan fingerprint density at radius 2 is 2.33 bits per heavy atom. The Hall–Kier alpha value is -0.410. The first-order valence-corrected chi connectivity index (χ1v) is 6.75. The van der Waals surface area contributed by atoms with Gasteiger partial charge >= 0.3 is 0 Å². The van der Waals surface area contributed by atoms with Gasteiger partial charge in [0.1, 0.15) is 0 Å². The molecule has 3 unspecified atom stereocenters. The first-order valence-electron chi connectivity index (χ1n) is 5.88. The summed E-state index contributed by atoms with van der Waals surface area (Å²) in [4.78, 5) is 5.85. The molecule has 1 heterocycles. The molecule has 2 N–H and O–H groups in total. The van der Waals surface area contributed by atoms with E-state index < -0.39 is 0 Å². The molecule has 2 rings (SSSR count). The minimum atomic E-state index is 0.402. The first kappa shape index (κ1) is 11.1. The van der Waals surface area contributed by atoms with Crippen LogP contribution in [0.3, 0.4) is 0 Å². The second kappa shape index (κ2) is 4.62. The van der Waals surface area contributed by atoms with Gasteiger partial charge in [-0.2, -0.15) is 0 Å². The lowest BCUT2D eigenvalue weighted by molar-refractivity contribution is 0.275. The molecule has 0 aliphatic heterocycles. The Bertz CT molecular complexity index is 321. The quantitative estimate of drug-likeness (QED) is 0.838. The molecule has 0 saturated heterocycles. The predicted octanol–water partition coefficient (Wildman–Crippen LogP) is 3.07. The van der Waals surface area contributed by atoms with Gasteiger partial charge in [0.25, 0.3) is 0 Å². The highest BCUT2D eigenvalue weighted by Gasteiger charge is 2.30. The zero-order valence-electron chi connectivity index (χ0n) is 9.57. The van der Waals surface area contributed by atoms with Gasteiger partial charge in [-0.25, -0.2) is 4.98 Å². The van der Waals surface area contributed by atoms with E-state index in [1.807, 2.05) is 16.8 Å². The van der Waals surface area contributed by atoms with E-state index in [-0.39, 0.29) is 0 Å². The summed E-state index contributed by atoms with van der Waals surface area (Å²) in [5.74, 6) is 1.50. The molecule has 1 saturated carbocycles. The first-order chi connectivity index (χ1) is 7.22. The van der Waals surface area contributed by atoms with Crippen LogP contribution < -0.4 is 5.73 Å². The molecule has 15 heavy (non-hydrogen) atoms. The molecule has 3 heteroatoms. The van der Waals surface area contributed by atoms with Crippen molar-refractivity contribution in [1.29, 1.82) is 0 Å². The number of aryl methyl sites for hydroxylation is 1. The third-order valence-electron chi connectivity index (χ3n) is 3.68. The maximum atomic E-state index is 6.08. The standard InChI is InChI=1S/C12H20N2S/c1-3-9-4-5-10(13)6-11(9)12-8(2)14-7-15-12/h7,9-11H,3-6,13H2,1-2H3. The number of hydrogen-bond acceptors (Lipinski definition) is 3. The van der Waals surface area contributed by atoms with Crippen LogP contribution in [0.25, 0.3) is 0 Å². The highest BCUT2D eigenvalue weighted by Crippen LogP contribution is 2.41. The summed E-state index contributed by atoms with van der Waals surface area (Å²) in [6.07, 6.45) is 4.92. The lowest BCUT2D eigenvalue weighted by Crippen LogP contribution is -2.31. The van der Waals surface area contributed by atoms with E-state index in [1.54, 1.807) is 0 Å². The van der Waals surface area contributed by atoms with Crippen LogP contribution in [0.15, 0.2) is 5.51 Å². The molecule has 1 fully saturated rings. The number of nitrogens with two attached hydrogens (primary N) is 1. The lowest BCUT2D eigenvalue weighted by Gasteiger charge is -2.33. The molecule has 0 spiro atoms. The molecule has 0 amide bonds. The van der Waals surface area contributed by atoms with Crippen molar-refractivity contribution in [2.24, 2.45) is 11.7 Å². The second-order valence-electron chi connectivity index (χ2n) is 4.65. The summed E-state index contributed by atoms with van der Waals surface area (Å²) in [6, 6.07) is 0.402. The number of nitrogens with zero attached hydrogens (tertiary/aromatic N) is 1. The van der Waals surface area contributed by atoms with Crippen LogP contribution in [0.5, 0.6) is 0 Å². The Morgan fingerprint density at radius 1 is 1.53 bits per heavy atom. The van der Waals surface area contributed by atoms with E-state index in [1.165, 1.54) is 29.8 Å². The highest BCUT2D eigenvalue weighted by atomic mass is 32.1. The van der Waals surface area contributed by atoms with Gasteiger partial charge in [0, 0.05) is 10.9 Å². The lowest BCUT2D eigenvalue weighted by atomic mass is 9.75. The molecule has 1 aromatic rings. The zero-order chi connectivity index (χ0) is 10.8. The second-order valence-corrected chi connectivity index (χ2v) is 5.54. The maximum Gasteiger partial charge on any atom is 0.0797 e. The molecule has 0 radical (unpaired) electrons. The smallest absolute Gasteiger partial charge is 0.0797 e. The van der Waals surface area contributed by atoms with Crippen molar-refractivity contribution in [1.82, 2.24) is 4.98 Å². The summed E-state index contributed by atoms with van der Waals surface area (Å²) in [7, 11) is 0. The summed E-state index contributed by atoms with van der Waals surface area (Å²) in [5, 5.41) is 0. The minimum absolute atomic E-state index is 0.402. The fraction of sp³-hybridized carbons (Fsp3) is 0.750. The fourth-order valence-electron chi connectivity index (χ4n) is 2.74. The van der Waals surface area contributed by atoms with Crippen LogP contribution >= 0.6 is 11.3 Å². The third kappa shape index (κ3) is 2.23. The number of thiazole rings is 1. The van der Waals surface area contributed by atoms with Crippen molar-refractivity contribution in [3.05, 3.63) is 16.1 Å². The van der Waals surface area contributed by atoms with Crippen molar-refractivity contribution >= 4 is 11.3 Å². The van der Waals surface area contributed by atoms with Gasteiger partial charge in [-0.3, -0.25) is 0 Å². The summed E-state index contributed by atoms with van der Waals surface area (Å²) < 4.78 is 0. The zero-order valence-corrected chi connectivity index (χ0v) is 10.4. The van der Waals surface area contributed by atoms with E-state index >= 15 is 0 Å². The van der Waals surface area contributed by atoms with E-state index in [9.17, 15) is 0 Å². The average Bonchev–Trinajstić information content (AvgIpc) is 2.64. The Morgan fingerprint density at radius 3 is 2.93 bits per heavy atom. The van der Waals surface area contributed by atoms with E-state index in [0.717, 1.165) is 12.3 Å². The largest absolute Gasteiger partial charge is 0.328 e. The van der Waals surface area contributed by atoms with Crippen LogP contribution in [0.2, 0.25) is 0 Å². The Labute approximate surface area is 95.9 Å². The molecule has 2 nitrogen and oxygen atoms in total. The molecule has 0 aromatic carbocycles. The van der Waals surface area contributed by atoms with Crippen molar-refractivity contribution in [2.75, 3.05) is 0 Å². The molecule has 0 bridgehead atoms. The average molecular weight is 224 g/mol. The minimum Gasteiger partial charge on any atom is -0.328 e. The molecule has 1 aliphatic carbocycles. The topological polar surface area (TPSA) is 38.9 Å². The predicted molar refractivity (Wildman–Crippen MR) is 65.2 cm³/mol. The molecular formula is C12H20N2S. The van der Waals surface area contributed by atoms with Gasteiger partial charge in [-0.05, 0) is 38.0 Å². The van der Waals surface area contributed by atoms with Crippen LogP contribution in [-0.4, -0.2) is 11.0 Å². The van der Waals surface area contributed by atoms with E-state index in [2.05, 4.69) is 18.8 Å². The molecular weight excluding hydrogens is 204 g/mol. The van der Waals surface area contributed by atoms with Gasteiger partial charge in [0.15, 0.2) is 0 Å². The third-order valence-corrected chi connectivity index (χ3v) is 4.74. The Balaban J connectivity index is 2.20. The number of rotatable bonds is 2. The number of hydrogen-bond donors (Lipinski definition) is 1. The van der Waals surface area contributed by atoms with Gasteiger partial charge < -0.3 is 5.73 Å². The van der Waals surface area contributed by atoms with Gasteiger partial charge in [0.05, 0.1) is 11.2 Å². The van der Waals surface area contributed by atoms with Crippen LogP contribution in [0.1, 0.15) is 49.1 Å². The highest BCUT2D eigenvalue weighted by molar-refractivity contribution is 7.09. The SMILES string of the molecule is CCC1CCC(N)CC1c1scnc1C. The fourth-order valence-corrected chi connectivity index (χ4v) is 3.75. The number of aromatic nitrogens is 1. The van der Waals surface area contributed by atoms with Crippen molar-refractivity contribution in [3.63, 3.8) is 0 Å².